The van der Waals surface area contributed by atoms with Crippen LogP contribution in [-0.4, -0.2) is 67.6 Å². The average Bonchev–Trinajstić information content (AvgIpc) is 2.98. The highest BCUT2D eigenvalue weighted by atomic mass is 16.5. The van der Waals surface area contributed by atoms with E-state index in [2.05, 4.69) is 17.0 Å². The highest BCUT2D eigenvalue weighted by Crippen LogP contribution is 2.49. The van der Waals surface area contributed by atoms with Crippen LogP contribution in [0.2, 0.25) is 0 Å². The SMILES string of the molecule is CCOc1cc2c(cc1OCC)C1C(C(=O)N3CCN(c4ccccc4)CC3)c3ccccc3C(=O)N1CC2. The van der Waals surface area contributed by atoms with Gasteiger partial charge in [-0.25, -0.2) is 0 Å². The second-order valence-electron chi connectivity index (χ2n) is 10.3. The number of rotatable bonds is 6. The van der Waals surface area contributed by atoms with E-state index < -0.39 is 5.92 Å². The van der Waals surface area contributed by atoms with Gasteiger partial charge in [-0.1, -0.05) is 36.4 Å². The van der Waals surface area contributed by atoms with E-state index in [1.54, 1.807) is 0 Å². The fourth-order valence-corrected chi connectivity index (χ4v) is 6.36. The van der Waals surface area contributed by atoms with Gasteiger partial charge in [0.15, 0.2) is 11.5 Å². The summed E-state index contributed by atoms with van der Waals surface area (Å²) in [6, 6.07) is 21.7. The van der Waals surface area contributed by atoms with Crippen LogP contribution in [0.15, 0.2) is 66.7 Å². The Bertz CT molecular complexity index is 1370. The zero-order valence-corrected chi connectivity index (χ0v) is 22.6. The Labute approximate surface area is 229 Å². The van der Waals surface area contributed by atoms with Crippen molar-refractivity contribution in [3.63, 3.8) is 0 Å². The molecule has 0 N–H and O–H groups in total. The maximum absolute atomic E-state index is 14.4. The fourth-order valence-electron chi connectivity index (χ4n) is 6.36. The number of nitrogens with zero attached hydrogens (tertiary/aromatic N) is 3. The van der Waals surface area contributed by atoms with Crippen LogP contribution in [0.4, 0.5) is 5.69 Å². The molecule has 0 radical (unpaired) electrons. The summed E-state index contributed by atoms with van der Waals surface area (Å²) in [5.74, 6) is 0.972. The number of anilines is 1. The standard InChI is InChI=1S/C32H35N3O4/c1-3-38-27-20-22-14-15-35-30(26(22)21-28(27)39-4-2)29(24-12-8-9-13-25(24)31(35)36)32(37)34-18-16-33(17-19-34)23-10-6-5-7-11-23/h5-13,20-21,29-30H,3-4,14-19H2,1-2H3. The van der Waals surface area contributed by atoms with E-state index in [-0.39, 0.29) is 17.9 Å². The van der Waals surface area contributed by atoms with E-state index in [1.807, 2.05) is 78.2 Å². The molecule has 0 bridgehead atoms. The number of carbonyl (C=O) groups is 2. The van der Waals surface area contributed by atoms with Gasteiger partial charge in [-0.15, -0.1) is 0 Å². The molecule has 39 heavy (non-hydrogen) atoms. The van der Waals surface area contributed by atoms with Crippen LogP contribution in [-0.2, 0) is 11.2 Å². The van der Waals surface area contributed by atoms with E-state index in [0.29, 0.717) is 56.3 Å². The van der Waals surface area contributed by atoms with Crippen molar-refractivity contribution in [2.45, 2.75) is 32.2 Å². The minimum absolute atomic E-state index is 0.00829. The fraction of sp³-hybridized carbons (Fsp3) is 0.375. The Morgan fingerprint density at radius 2 is 1.49 bits per heavy atom. The third-order valence-electron chi connectivity index (χ3n) is 8.16. The largest absolute Gasteiger partial charge is 0.490 e. The van der Waals surface area contributed by atoms with Crippen LogP contribution >= 0.6 is 0 Å². The molecule has 202 valence electrons. The van der Waals surface area contributed by atoms with Gasteiger partial charge in [-0.3, -0.25) is 9.59 Å². The number of amides is 2. The van der Waals surface area contributed by atoms with Gasteiger partial charge in [0, 0.05) is 44.0 Å². The molecule has 1 fully saturated rings. The zero-order valence-electron chi connectivity index (χ0n) is 22.6. The highest BCUT2D eigenvalue weighted by Gasteiger charge is 2.48. The van der Waals surface area contributed by atoms with Crippen LogP contribution in [0.1, 0.15) is 52.9 Å². The van der Waals surface area contributed by atoms with Gasteiger partial charge >= 0.3 is 0 Å². The lowest BCUT2D eigenvalue weighted by molar-refractivity contribution is -0.135. The number of para-hydroxylation sites is 1. The second kappa shape index (κ2) is 10.6. The number of carbonyl (C=O) groups excluding carboxylic acids is 2. The first kappa shape index (κ1) is 25.3. The van der Waals surface area contributed by atoms with Crippen molar-refractivity contribution in [2.24, 2.45) is 0 Å². The van der Waals surface area contributed by atoms with E-state index >= 15 is 0 Å². The van der Waals surface area contributed by atoms with Crippen LogP contribution in [0.25, 0.3) is 0 Å². The topological polar surface area (TPSA) is 62.3 Å². The summed E-state index contributed by atoms with van der Waals surface area (Å²) in [7, 11) is 0. The molecule has 7 heteroatoms. The van der Waals surface area contributed by atoms with Gasteiger partial charge in [-0.05, 0) is 67.3 Å². The smallest absolute Gasteiger partial charge is 0.254 e. The van der Waals surface area contributed by atoms with E-state index in [4.69, 9.17) is 9.47 Å². The molecule has 0 spiro atoms. The Morgan fingerprint density at radius 3 is 2.21 bits per heavy atom. The first-order chi connectivity index (χ1) is 19.1. The van der Waals surface area contributed by atoms with Crippen LogP contribution in [0.5, 0.6) is 11.5 Å². The second-order valence-corrected chi connectivity index (χ2v) is 10.3. The molecule has 2 amide bonds. The van der Waals surface area contributed by atoms with Gasteiger partial charge in [0.05, 0.1) is 25.2 Å². The number of hydrogen-bond acceptors (Lipinski definition) is 5. The summed E-state index contributed by atoms with van der Waals surface area (Å²) >= 11 is 0. The molecule has 0 aromatic heterocycles. The van der Waals surface area contributed by atoms with Crippen LogP contribution < -0.4 is 14.4 Å². The Kier molecular flexibility index (Phi) is 6.90. The highest BCUT2D eigenvalue weighted by molar-refractivity contribution is 6.01. The molecule has 3 aromatic rings. The van der Waals surface area contributed by atoms with Crippen molar-refractivity contribution in [3.8, 4) is 11.5 Å². The molecule has 7 nitrogen and oxygen atoms in total. The van der Waals surface area contributed by atoms with Crippen molar-refractivity contribution in [2.75, 3.05) is 50.8 Å². The van der Waals surface area contributed by atoms with Gasteiger partial charge in [0.25, 0.3) is 5.91 Å². The van der Waals surface area contributed by atoms with Gasteiger partial charge < -0.3 is 24.2 Å². The lowest BCUT2D eigenvalue weighted by Crippen LogP contribution is -2.54. The van der Waals surface area contributed by atoms with Crippen molar-refractivity contribution >= 4 is 17.5 Å². The average molecular weight is 526 g/mol. The number of hydrogen-bond donors (Lipinski definition) is 0. The summed E-state index contributed by atoms with van der Waals surface area (Å²) in [4.78, 5) is 34.4. The number of fused-ring (bicyclic) bond motifs is 4. The molecule has 0 aliphatic carbocycles. The summed E-state index contributed by atoms with van der Waals surface area (Å²) in [5, 5.41) is 0. The summed E-state index contributed by atoms with van der Waals surface area (Å²) in [6.07, 6.45) is 0.711. The minimum Gasteiger partial charge on any atom is -0.490 e. The third-order valence-corrected chi connectivity index (χ3v) is 8.16. The minimum atomic E-state index is -0.478. The molecule has 2 unspecified atom stereocenters. The molecule has 1 saturated heterocycles. The molecule has 3 aliphatic heterocycles. The summed E-state index contributed by atoms with van der Waals surface area (Å²) < 4.78 is 11.9. The molecule has 3 heterocycles. The maximum atomic E-state index is 14.4. The quantitative estimate of drug-likeness (QED) is 0.468. The summed E-state index contributed by atoms with van der Waals surface area (Å²) in [6.45, 7) is 8.36. The van der Waals surface area contributed by atoms with Crippen molar-refractivity contribution in [3.05, 3.63) is 89.0 Å². The molecular formula is C32H35N3O4. The van der Waals surface area contributed by atoms with Gasteiger partial charge in [0.2, 0.25) is 5.91 Å². The zero-order chi connectivity index (χ0) is 26.9. The van der Waals surface area contributed by atoms with E-state index in [0.717, 1.165) is 29.8 Å². The van der Waals surface area contributed by atoms with Gasteiger partial charge in [0.1, 0.15) is 0 Å². The van der Waals surface area contributed by atoms with E-state index in [1.165, 1.54) is 5.69 Å². The third kappa shape index (κ3) is 4.50. The van der Waals surface area contributed by atoms with Crippen molar-refractivity contribution < 1.29 is 19.1 Å². The number of benzene rings is 3. The lowest BCUT2D eigenvalue weighted by Gasteiger charge is -2.47. The molecular weight excluding hydrogens is 490 g/mol. The first-order valence-electron chi connectivity index (χ1n) is 14.0. The predicted octanol–water partition coefficient (Wildman–Crippen LogP) is 4.67. The van der Waals surface area contributed by atoms with E-state index in [9.17, 15) is 9.59 Å². The number of ether oxygens (including phenoxy) is 2. The number of piperazine rings is 1. The normalized spacial score (nSPS) is 20.2. The Balaban J connectivity index is 1.38. The molecule has 2 atom stereocenters. The van der Waals surface area contributed by atoms with Gasteiger partial charge in [-0.2, -0.15) is 0 Å². The predicted molar refractivity (Wildman–Crippen MR) is 151 cm³/mol. The maximum Gasteiger partial charge on any atom is 0.254 e. The van der Waals surface area contributed by atoms with Crippen molar-refractivity contribution in [1.29, 1.82) is 0 Å². The molecule has 3 aromatic carbocycles. The van der Waals surface area contributed by atoms with Crippen molar-refractivity contribution in [1.82, 2.24) is 9.80 Å². The summed E-state index contributed by atoms with van der Waals surface area (Å²) in [5.41, 5.74) is 4.73. The van der Waals surface area contributed by atoms with Crippen LogP contribution in [0, 0.1) is 0 Å². The molecule has 3 aliphatic rings. The molecule has 6 rings (SSSR count). The molecule has 0 saturated carbocycles. The van der Waals surface area contributed by atoms with Crippen LogP contribution in [0.3, 0.4) is 0 Å². The monoisotopic (exact) mass is 525 g/mol. The lowest BCUT2D eigenvalue weighted by atomic mass is 9.75. The Hall–Kier alpha value is -4.00. The Morgan fingerprint density at radius 1 is 0.821 bits per heavy atom. The first-order valence-corrected chi connectivity index (χ1v) is 14.0.